The van der Waals surface area contributed by atoms with E-state index in [0.717, 1.165) is 36.6 Å². The first-order chi connectivity index (χ1) is 16.5. The minimum Gasteiger partial charge on any atom is -0.494 e. The summed E-state index contributed by atoms with van der Waals surface area (Å²) in [5.74, 6) is 1.72. The van der Waals surface area contributed by atoms with E-state index in [1.807, 2.05) is 24.5 Å². The summed E-state index contributed by atoms with van der Waals surface area (Å²) in [6, 6.07) is 9.54. The van der Waals surface area contributed by atoms with Crippen molar-refractivity contribution in [3.8, 4) is 17.1 Å². The lowest BCUT2D eigenvalue weighted by Crippen LogP contribution is -2.21. The zero-order valence-corrected chi connectivity index (χ0v) is 23.2. The lowest BCUT2D eigenvalue weighted by atomic mass is 10.1. The lowest BCUT2D eigenvalue weighted by molar-refractivity contribution is 0.305. The van der Waals surface area contributed by atoms with Crippen LogP contribution in [0.15, 0.2) is 48.9 Å². The molecule has 0 bridgehead atoms. The van der Waals surface area contributed by atoms with Gasteiger partial charge in [-0.1, -0.05) is 90.3 Å². The normalized spacial score (nSPS) is 11.5. The Morgan fingerprint density at radius 1 is 0.794 bits per heavy atom. The molecule has 0 fully saturated rings. The zero-order chi connectivity index (χ0) is 24.5. The fourth-order valence-electron chi connectivity index (χ4n) is 4.12. The molecule has 0 radical (unpaired) electrons. The highest BCUT2D eigenvalue weighted by Gasteiger charge is 2.14. The average Bonchev–Trinajstić information content (AvgIpc) is 2.86. The van der Waals surface area contributed by atoms with E-state index in [1.165, 1.54) is 82.2 Å². The average molecular weight is 481 g/mol. The van der Waals surface area contributed by atoms with Crippen molar-refractivity contribution in [2.24, 2.45) is 0 Å². The van der Waals surface area contributed by atoms with Crippen LogP contribution in [-0.2, 0) is 6.42 Å². The number of ether oxygens (including phenoxy) is 1. The topological polar surface area (TPSA) is 35.0 Å². The summed E-state index contributed by atoms with van der Waals surface area (Å²) in [5, 5.41) is 0. The van der Waals surface area contributed by atoms with Crippen LogP contribution in [0, 0.1) is 0 Å². The van der Waals surface area contributed by atoms with Gasteiger partial charge in [0, 0.05) is 18.0 Å². The third-order valence-electron chi connectivity index (χ3n) is 6.67. The van der Waals surface area contributed by atoms with Gasteiger partial charge >= 0.3 is 0 Å². The predicted molar refractivity (Wildman–Crippen MR) is 150 cm³/mol. The number of aryl methyl sites for hydroxylation is 1. The molecule has 0 atom stereocenters. The maximum atomic E-state index is 5.93. The van der Waals surface area contributed by atoms with E-state index < -0.39 is 8.07 Å². The largest absolute Gasteiger partial charge is 0.494 e. The lowest BCUT2D eigenvalue weighted by Gasteiger charge is -2.16. The first kappa shape index (κ1) is 28.3. The molecule has 1 aromatic carbocycles. The molecule has 0 aliphatic rings. The van der Waals surface area contributed by atoms with Crippen LogP contribution in [0.3, 0.4) is 0 Å². The molecule has 3 nitrogen and oxygen atoms in total. The van der Waals surface area contributed by atoms with Gasteiger partial charge in [-0.3, -0.25) is 0 Å². The van der Waals surface area contributed by atoms with E-state index in [9.17, 15) is 0 Å². The minimum absolute atomic E-state index is 0.783. The third-order valence-corrected chi connectivity index (χ3v) is 9.42. The predicted octanol–water partition coefficient (Wildman–Crippen LogP) is 9.20. The Morgan fingerprint density at radius 3 is 2.03 bits per heavy atom. The molecule has 0 unspecified atom stereocenters. The number of unbranched alkanes of at least 4 members (excludes halogenated alkanes) is 10. The van der Waals surface area contributed by atoms with E-state index in [0.29, 0.717) is 0 Å². The van der Waals surface area contributed by atoms with Crippen molar-refractivity contribution in [3.63, 3.8) is 0 Å². The second-order valence-corrected chi connectivity index (χ2v) is 15.3. The summed E-state index contributed by atoms with van der Waals surface area (Å²) >= 11 is 0. The maximum absolute atomic E-state index is 5.93. The van der Waals surface area contributed by atoms with Gasteiger partial charge < -0.3 is 4.74 Å². The van der Waals surface area contributed by atoms with Gasteiger partial charge in [0.2, 0.25) is 0 Å². The second kappa shape index (κ2) is 16.6. The second-order valence-electron chi connectivity index (χ2n) is 10.4. The summed E-state index contributed by atoms with van der Waals surface area (Å²) < 4.78 is 5.93. The molecule has 2 rings (SSSR count). The van der Waals surface area contributed by atoms with Crippen molar-refractivity contribution in [1.82, 2.24) is 9.97 Å². The van der Waals surface area contributed by atoms with Crippen molar-refractivity contribution < 1.29 is 4.74 Å². The van der Waals surface area contributed by atoms with E-state index >= 15 is 0 Å². The standard InChI is InChI=1S/C30H48N2OSi/c1-5-7-8-9-10-11-12-15-18-27-25-31-30(32-26-27)28-19-21-29(22-20-28)33-23-16-13-14-17-24-34(3,4)6-2/h6,19-22,25-26H,2,5,7-18,23-24H2,1,3-4H3. The van der Waals surface area contributed by atoms with Gasteiger partial charge in [-0.25, -0.2) is 9.97 Å². The van der Waals surface area contributed by atoms with Crippen LogP contribution < -0.4 is 4.74 Å². The summed E-state index contributed by atoms with van der Waals surface area (Å²) in [4.78, 5) is 9.20. The van der Waals surface area contributed by atoms with E-state index in [2.05, 4.69) is 54.4 Å². The third kappa shape index (κ3) is 12.0. The maximum Gasteiger partial charge on any atom is 0.159 e. The highest BCUT2D eigenvalue weighted by atomic mass is 28.3. The van der Waals surface area contributed by atoms with Gasteiger partial charge in [0.1, 0.15) is 5.75 Å². The van der Waals surface area contributed by atoms with Crippen molar-refractivity contribution in [2.45, 2.75) is 110 Å². The first-order valence-electron chi connectivity index (χ1n) is 13.7. The molecule has 0 saturated carbocycles. The number of nitrogens with zero attached hydrogens (tertiary/aromatic N) is 2. The number of benzene rings is 1. The molecule has 0 aliphatic heterocycles. The van der Waals surface area contributed by atoms with Crippen LogP contribution in [-0.4, -0.2) is 24.6 Å². The Kier molecular flexibility index (Phi) is 13.9. The first-order valence-corrected chi connectivity index (χ1v) is 17.0. The summed E-state index contributed by atoms with van der Waals surface area (Å²) in [5.41, 5.74) is 4.49. The van der Waals surface area contributed by atoms with Crippen molar-refractivity contribution in [1.29, 1.82) is 0 Å². The van der Waals surface area contributed by atoms with Gasteiger partial charge in [-0.2, -0.15) is 0 Å². The van der Waals surface area contributed by atoms with E-state index in [-0.39, 0.29) is 0 Å². The fourth-order valence-corrected chi connectivity index (χ4v) is 5.49. The number of aromatic nitrogens is 2. The minimum atomic E-state index is -1.13. The van der Waals surface area contributed by atoms with Crippen LogP contribution in [0.2, 0.25) is 19.1 Å². The molecule has 1 aromatic heterocycles. The molecule has 4 heteroatoms. The molecular formula is C30H48N2OSi. The Hall–Kier alpha value is -1.94. The van der Waals surface area contributed by atoms with Crippen LogP contribution in [0.5, 0.6) is 5.75 Å². The molecule has 0 N–H and O–H groups in total. The molecule has 0 aliphatic carbocycles. The SMILES string of the molecule is C=C[Si](C)(C)CCCCCCOc1ccc(-c2ncc(CCCCCCCCCC)cn2)cc1. The summed E-state index contributed by atoms with van der Waals surface area (Å²) in [6.45, 7) is 11.8. The van der Waals surface area contributed by atoms with Gasteiger partial charge in [0.05, 0.1) is 14.7 Å². The number of hydrogen-bond donors (Lipinski definition) is 0. The molecule has 0 spiro atoms. The molecule has 2 aromatic rings. The molecule has 0 amide bonds. The van der Waals surface area contributed by atoms with Crippen LogP contribution in [0.1, 0.15) is 89.5 Å². The highest BCUT2D eigenvalue weighted by molar-refractivity contribution is 6.82. The van der Waals surface area contributed by atoms with Gasteiger partial charge in [-0.05, 0) is 49.1 Å². The van der Waals surface area contributed by atoms with Crippen LogP contribution in [0.25, 0.3) is 11.4 Å². The molecule has 188 valence electrons. The molecule has 1 heterocycles. The zero-order valence-electron chi connectivity index (χ0n) is 22.2. The van der Waals surface area contributed by atoms with Gasteiger partial charge in [0.25, 0.3) is 0 Å². The van der Waals surface area contributed by atoms with Crippen LogP contribution >= 0.6 is 0 Å². The monoisotopic (exact) mass is 480 g/mol. The quantitative estimate of drug-likeness (QED) is 0.148. The smallest absolute Gasteiger partial charge is 0.159 e. The number of hydrogen-bond acceptors (Lipinski definition) is 3. The van der Waals surface area contributed by atoms with E-state index in [4.69, 9.17) is 4.74 Å². The Bertz CT molecular complexity index is 786. The van der Waals surface area contributed by atoms with Crippen molar-refractivity contribution in [3.05, 3.63) is 54.5 Å². The van der Waals surface area contributed by atoms with Crippen molar-refractivity contribution in [2.75, 3.05) is 6.61 Å². The highest BCUT2D eigenvalue weighted by Crippen LogP contribution is 2.20. The van der Waals surface area contributed by atoms with E-state index in [1.54, 1.807) is 0 Å². The molecule has 0 saturated heterocycles. The van der Waals surface area contributed by atoms with Gasteiger partial charge in [-0.15, -0.1) is 12.3 Å². The Balaban J connectivity index is 1.61. The number of rotatable bonds is 19. The Morgan fingerprint density at radius 2 is 1.38 bits per heavy atom. The van der Waals surface area contributed by atoms with Crippen molar-refractivity contribution >= 4 is 8.07 Å². The Labute approximate surface area is 210 Å². The van der Waals surface area contributed by atoms with Gasteiger partial charge in [0.15, 0.2) is 5.82 Å². The molecular weight excluding hydrogens is 432 g/mol. The van der Waals surface area contributed by atoms with Crippen LogP contribution in [0.4, 0.5) is 0 Å². The summed E-state index contributed by atoms with van der Waals surface area (Å²) in [6.07, 6.45) is 20.8. The fraction of sp³-hybridized carbons (Fsp3) is 0.600. The molecule has 34 heavy (non-hydrogen) atoms. The summed E-state index contributed by atoms with van der Waals surface area (Å²) in [7, 11) is -1.13.